The van der Waals surface area contributed by atoms with Gasteiger partial charge in [0.25, 0.3) is 0 Å². The second-order valence-corrected chi connectivity index (χ2v) is 4.93. The fraction of sp³-hybridized carbons (Fsp3) is 0.500. The van der Waals surface area contributed by atoms with E-state index in [1.54, 1.807) is 0 Å². The summed E-state index contributed by atoms with van der Waals surface area (Å²) in [6, 6.07) is 3.26. The standard InChI is InChI=1S/C14H17F2NO3/c1-9(12-3-2-10(15)6-13(12)16)17-4-5-20-11(8-17)7-14(18)19/h2-3,6,9,11H,4-5,7-8H2,1H3,(H,18,19). The Hall–Kier alpha value is -1.53. The number of morpholine rings is 1. The average Bonchev–Trinajstić information content (AvgIpc) is 2.37. The lowest BCUT2D eigenvalue weighted by molar-refractivity contribution is -0.142. The van der Waals surface area contributed by atoms with Crippen LogP contribution in [0.2, 0.25) is 0 Å². The molecule has 1 fully saturated rings. The summed E-state index contributed by atoms with van der Waals surface area (Å²) in [4.78, 5) is 12.7. The topological polar surface area (TPSA) is 49.8 Å². The summed E-state index contributed by atoms with van der Waals surface area (Å²) < 4.78 is 32.1. The van der Waals surface area contributed by atoms with Gasteiger partial charge in [0.05, 0.1) is 19.1 Å². The van der Waals surface area contributed by atoms with Crippen molar-refractivity contribution >= 4 is 5.97 Å². The number of halogens is 2. The Kier molecular flexibility index (Phi) is 4.67. The minimum atomic E-state index is -0.919. The van der Waals surface area contributed by atoms with Crippen LogP contribution in [0.3, 0.4) is 0 Å². The second-order valence-electron chi connectivity index (χ2n) is 4.93. The second kappa shape index (κ2) is 6.28. The van der Waals surface area contributed by atoms with Crippen LogP contribution < -0.4 is 0 Å². The molecule has 110 valence electrons. The van der Waals surface area contributed by atoms with Gasteiger partial charge in [-0.2, -0.15) is 0 Å². The molecule has 1 aliphatic heterocycles. The Morgan fingerprint density at radius 3 is 2.95 bits per heavy atom. The van der Waals surface area contributed by atoms with Crippen LogP contribution >= 0.6 is 0 Å². The summed E-state index contributed by atoms with van der Waals surface area (Å²) in [5.74, 6) is -2.11. The van der Waals surface area contributed by atoms with Gasteiger partial charge in [-0.1, -0.05) is 6.07 Å². The zero-order valence-electron chi connectivity index (χ0n) is 11.2. The van der Waals surface area contributed by atoms with Gasteiger partial charge in [-0.3, -0.25) is 9.69 Å². The summed E-state index contributed by atoms with van der Waals surface area (Å²) in [5.41, 5.74) is 0.405. The number of hydrogen-bond acceptors (Lipinski definition) is 3. The third-order valence-electron chi connectivity index (χ3n) is 3.53. The molecule has 0 radical (unpaired) electrons. The number of aliphatic carboxylic acids is 1. The highest BCUT2D eigenvalue weighted by Gasteiger charge is 2.27. The quantitative estimate of drug-likeness (QED) is 0.921. The van der Waals surface area contributed by atoms with Gasteiger partial charge in [0, 0.05) is 30.8 Å². The van der Waals surface area contributed by atoms with E-state index in [0.717, 1.165) is 6.07 Å². The zero-order chi connectivity index (χ0) is 14.7. The number of carboxylic acid groups (broad SMARTS) is 1. The number of nitrogens with zero attached hydrogens (tertiary/aromatic N) is 1. The van der Waals surface area contributed by atoms with E-state index in [1.807, 2.05) is 11.8 Å². The van der Waals surface area contributed by atoms with Crippen LogP contribution in [0.4, 0.5) is 8.78 Å². The van der Waals surface area contributed by atoms with E-state index in [2.05, 4.69) is 0 Å². The molecule has 2 unspecified atom stereocenters. The first-order valence-corrected chi connectivity index (χ1v) is 6.49. The van der Waals surface area contributed by atoms with Crippen LogP contribution in [0.25, 0.3) is 0 Å². The van der Waals surface area contributed by atoms with E-state index >= 15 is 0 Å². The highest BCUT2D eigenvalue weighted by Crippen LogP contribution is 2.25. The first-order valence-electron chi connectivity index (χ1n) is 6.49. The number of rotatable bonds is 4. The largest absolute Gasteiger partial charge is 0.481 e. The average molecular weight is 285 g/mol. The Balaban J connectivity index is 2.08. The van der Waals surface area contributed by atoms with Crippen molar-refractivity contribution in [1.29, 1.82) is 0 Å². The van der Waals surface area contributed by atoms with Crippen LogP contribution in [0.15, 0.2) is 18.2 Å². The van der Waals surface area contributed by atoms with Crippen LogP contribution in [0.5, 0.6) is 0 Å². The highest BCUT2D eigenvalue weighted by atomic mass is 19.1. The molecule has 2 atom stereocenters. The molecule has 0 aromatic heterocycles. The molecule has 0 aliphatic carbocycles. The molecular weight excluding hydrogens is 268 g/mol. The zero-order valence-corrected chi connectivity index (χ0v) is 11.2. The lowest BCUT2D eigenvalue weighted by Gasteiger charge is -2.36. The maximum Gasteiger partial charge on any atom is 0.306 e. The van der Waals surface area contributed by atoms with Gasteiger partial charge >= 0.3 is 5.97 Å². The molecule has 0 spiro atoms. The third-order valence-corrected chi connectivity index (χ3v) is 3.53. The molecule has 1 saturated heterocycles. The first kappa shape index (κ1) is 14.9. The van der Waals surface area contributed by atoms with E-state index in [9.17, 15) is 13.6 Å². The molecule has 0 amide bonds. The van der Waals surface area contributed by atoms with Crippen LogP contribution in [-0.2, 0) is 9.53 Å². The van der Waals surface area contributed by atoms with E-state index in [4.69, 9.17) is 9.84 Å². The van der Waals surface area contributed by atoms with E-state index in [-0.39, 0.29) is 12.5 Å². The van der Waals surface area contributed by atoms with Gasteiger partial charge in [0.15, 0.2) is 0 Å². The highest BCUT2D eigenvalue weighted by molar-refractivity contribution is 5.67. The minimum absolute atomic E-state index is 0.0743. The van der Waals surface area contributed by atoms with Gasteiger partial charge < -0.3 is 9.84 Å². The molecule has 1 aliphatic rings. The number of hydrogen-bond donors (Lipinski definition) is 1. The van der Waals surface area contributed by atoms with Gasteiger partial charge in [-0.05, 0) is 13.0 Å². The Morgan fingerprint density at radius 1 is 1.55 bits per heavy atom. The van der Waals surface area contributed by atoms with Crippen molar-refractivity contribution in [3.63, 3.8) is 0 Å². The van der Waals surface area contributed by atoms with Crippen molar-refractivity contribution in [2.75, 3.05) is 19.7 Å². The molecular formula is C14H17F2NO3. The molecule has 6 heteroatoms. The molecule has 2 rings (SSSR count). The minimum Gasteiger partial charge on any atom is -0.481 e. The maximum absolute atomic E-state index is 13.8. The predicted molar refractivity (Wildman–Crippen MR) is 68.3 cm³/mol. The maximum atomic E-state index is 13.8. The van der Waals surface area contributed by atoms with Crippen LogP contribution in [0.1, 0.15) is 24.9 Å². The smallest absolute Gasteiger partial charge is 0.306 e. The number of carbonyl (C=O) groups is 1. The fourth-order valence-corrected chi connectivity index (χ4v) is 2.45. The summed E-state index contributed by atoms with van der Waals surface area (Å²) in [6.07, 6.45) is -0.470. The van der Waals surface area contributed by atoms with Crippen molar-refractivity contribution in [2.45, 2.75) is 25.5 Å². The van der Waals surface area contributed by atoms with Crippen molar-refractivity contribution in [3.05, 3.63) is 35.4 Å². The number of benzene rings is 1. The van der Waals surface area contributed by atoms with Crippen molar-refractivity contribution in [2.24, 2.45) is 0 Å². The number of carboxylic acids is 1. The van der Waals surface area contributed by atoms with E-state index in [0.29, 0.717) is 25.3 Å². The van der Waals surface area contributed by atoms with Crippen molar-refractivity contribution in [1.82, 2.24) is 4.90 Å². The molecule has 0 bridgehead atoms. The molecule has 1 heterocycles. The van der Waals surface area contributed by atoms with Gasteiger partial charge in [-0.15, -0.1) is 0 Å². The summed E-state index contributed by atoms with van der Waals surface area (Å²) >= 11 is 0. The Bertz CT molecular complexity index is 495. The van der Waals surface area contributed by atoms with Gasteiger partial charge in [0.1, 0.15) is 11.6 Å². The van der Waals surface area contributed by atoms with Crippen LogP contribution in [-0.4, -0.2) is 41.8 Å². The SMILES string of the molecule is CC(c1ccc(F)cc1F)N1CCOC(CC(=O)O)C1. The van der Waals surface area contributed by atoms with Crippen LogP contribution in [0, 0.1) is 11.6 Å². The lowest BCUT2D eigenvalue weighted by atomic mass is 10.0. The van der Waals surface area contributed by atoms with Crippen molar-refractivity contribution in [3.8, 4) is 0 Å². The molecule has 20 heavy (non-hydrogen) atoms. The molecule has 1 aromatic rings. The lowest BCUT2D eigenvalue weighted by Crippen LogP contribution is -2.44. The Morgan fingerprint density at radius 2 is 2.30 bits per heavy atom. The number of ether oxygens (including phenoxy) is 1. The summed E-state index contributed by atoms with van der Waals surface area (Å²) in [7, 11) is 0. The van der Waals surface area contributed by atoms with E-state index < -0.39 is 23.7 Å². The molecule has 1 aromatic carbocycles. The third kappa shape index (κ3) is 3.52. The monoisotopic (exact) mass is 285 g/mol. The first-order chi connectivity index (χ1) is 9.47. The summed E-state index contributed by atoms with van der Waals surface area (Å²) in [5, 5.41) is 8.78. The van der Waals surface area contributed by atoms with Gasteiger partial charge in [-0.25, -0.2) is 8.78 Å². The Labute approximate surface area is 116 Å². The van der Waals surface area contributed by atoms with E-state index in [1.165, 1.54) is 12.1 Å². The molecule has 1 N–H and O–H groups in total. The van der Waals surface area contributed by atoms with Gasteiger partial charge in [0.2, 0.25) is 0 Å². The fourth-order valence-electron chi connectivity index (χ4n) is 2.45. The summed E-state index contributed by atoms with van der Waals surface area (Å²) in [6.45, 7) is 3.24. The molecule has 0 saturated carbocycles. The predicted octanol–water partition coefficient (Wildman–Crippen LogP) is 2.20. The van der Waals surface area contributed by atoms with Crippen molar-refractivity contribution < 1.29 is 23.4 Å². The molecule has 4 nitrogen and oxygen atoms in total. The normalized spacial score (nSPS) is 21.6.